The zero-order valence-corrected chi connectivity index (χ0v) is 18.4. The predicted octanol–water partition coefficient (Wildman–Crippen LogP) is 4.43. The number of benzene rings is 2. The van der Waals surface area contributed by atoms with Gasteiger partial charge in [0, 0.05) is 41.7 Å². The Balaban J connectivity index is 1.59. The molecule has 7 heteroatoms. The summed E-state index contributed by atoms with van der Waals surface area (Å²) in [5.41, 5.74) is 2.10. The zero-order chi connectivity index (χ0) is 22.8. The van der Waals surface area contributed by atoms with Gasteiger partial charge in [0.05, 0.1) is 25.3 Å². The van der Waals surface area contributed by atoms with Gasteiger partial charge in [0.25, 0.3) is 5.91 Å². The van der Waals surface area contributed by atoms with Crippen molar-refractivity contribution in [2.24, 2.45) is 5.92 Å². The topological polar surface area (TPSA) is 68.7 Å². The smallest absolute Gasteiger partial charge is 0.254 e. The van der Waals surface area contributed by atoms with E-state index >= 15 is 0 Å². The predicted molar refractivity (Wildman–Crippen MR) is 119 cm³/mol. The van der Waals surface area contributed by atoms with Gasteiger partial charge in [-0.05, 0) is 56.2 Å². The van der Waals surface area contributed by atoms with Gasteiger partial charge in [-0.1, -0.05) is 0 Å². The first-order valence-electron chi connectivity index (χ1n) is 10.5. The highest BCUT2D eigenvalue weighted by molar-refractivity contribution is 6.06. The Morgan fingerprint density at radius 3 is 2.59 bits per heavy atom. The summed E-state index contributed by atoms with van der Waals surface area (Å²) in [7, 11) is 3.07. The molecule has 1 aliphatic heterocycles. The van der Waals surface area contributed by atoms with Crippen LogP contribution in [0.25, 0.3) is 10.9 Å². The van der Waals surface area contributed by atoms with E-state index in [0.29, 0.717) is 58.7 Å². The van der Waals surface area contributed by atoms with Crippen LogP contribution in [0, 0.1) is 18.7 Å². The van der Waals surface area contributed by atoms with Crippen LogP contribution in [-0.2, 0) is 0 Å². The van der Waals surface area contributed by atoms with Crippen molar-refractivity contribution in [2.45, 2.75) is 19.8 Å². The van der Waals surface area contributed by atoms with Crippen molar-refractivity contribution in [3.63, 3.8) is 0 Å². The highest BCUT2D eigenvalue weighted by Crippen LogP contribution is 2.30. The van der Waals surface area contributed by atoms with Gasteiger partial charge in [-0.3, -0.25) is 14.6 Å². The molecule has 1 amide bonds. The molecule has 0 bridgehead atoms. The Morgan fingerprint density at radius 1 is 1.06 bits per heavy atom. The second-order valence-corrected chi connectivity index (χ2v) is 8.00. The first kappa shape index (κ1) is 21.7. The standard InChI is InChI=1S/C25H25FN2O4/c1-15-11-20(19-8-7-18(26)13-21(19)27-15)25(30)28-10-4-5-17(14-28)24(29)16-6-9-22(31-2)23(12-16)32-3/h6-9,11-13,17H,4-5,10,14H2,1-3H3/t17-/m1/s1. The fraction of sp³-hybridized carbons (Fsp3) is 0.320. The number of piperidine rings is 1. The number of aromatic nitrogens is 1. The fourth-order valence-corrected chi connectivity index (χ4v) is 4.28. The highest BCUT2D eigenvalue weighted by atomic mass is 19.1. The monoisotopic (exact) mass is 436 g/mol. The summed E-state index contributed by atoms with van der Waals surface area (Å²) >= 11 is 0. The molecule has 32 heavy (non-hydrogen) atoms. The van der Waals surface area contributed by atoms with Gasteiger partial charge < -0.3 is 14.4 Å². The van der Waals surface area contributed by atoms with Gasteiger partial charge in [-0.25, -0.2) is 4.39 Å². The third-order valence-electron chi connectivity index (χ3n) is 5.88. The molecule has 0 N–H and O–H groups in total. The van der Waals surface area contributed by atoms with Crippen LogP contribution in [0.1, 0.15) is 39.3 Å². The lowest BCUT2D eigenvalue weighted by Gasteiger charge is -2.32. The van der Waals surface area contributed by atoms with Crippen molar-refractivity contribution in [3.05, 3.63) is 65.1 Å². The molecule has 0 spiro atoms. The molecule has 1 atom stereocenters. The van der Waals surface area contributed by atoms with Crippen LogP contribution >= 0.6 is 0 Å². The van der Waals surface area contributed by atoms with Crippen molar-refractivity contribution in [1.29, 1.82) is 0 Å². The van der Waals surface area contributed by atoms with Crippen LogP contribution in [0.5, 0.6) is 11.5 Å². The van der Waals surface area contributed by atoms with E-state index in [-0.39, 0.29) is 17.6 Å². The molecule has 4 rings (SSSR count). The number of carbonyl (C=O) groups is 2. The maximum atomic E-state index is 13.7. The summed E-state index contributed by atoms with van der Waals surface area (Å²) < 4.78 is 24.2. The summed E-state index contributed by atoms with van der Waals surface area (Å²) in [4.78, 5) is 32.6. The van der Waals surface area contributed by atoms with Crippen LogP contribution in [0.15, 0.2) is 42.5 Å². The number of Topliss-reactive ketones (excluding diaryl/α,β-unsaturated/α-hetero) is 1. The van der Waals surface area contributed by atoms with Gasteiger partial charge in [0.2, 0.25) is 0 Å². The lowest BCUT2D eigenvalue weighted by atomic mass is 9.89. The number of likely N-dealkylation sites (tertiary alicyclic amines) is 1. The molecule has 0 saturated carbocycles. The van der Waals surface area contributed by atoms with Crippen molar-refractivity contribution in [2.75, 3.05) is 27.3 Å². The van der Waals surface area contributed by atoms with Gasteiger partial charge in [0.15, 0.2) is 17.3 Å². The van der Waals surface area contributed by atoms with E-state index in [2.05, 4.69) is 4.98 Å². The van der Waals surface area contributed by atoms with Crippen LogP contribution in [0.3, 0.4) is 0 Å². The maximum absolute atomic E-state index is 13.7. The van der Waals surface area contributed by atoms with Gasteiger partial charge in [-0.2, -0.15) is 0 Å². The molecule has 1 saturated heterocycles. The molecule has 2 aromatic carbocycles. The normalized spacial score (nSPS) is 16.1. The second kappa shape index (κ2) is 8.94. The van der Waals surface area contributed by atoms with E-state index in [0.717, 1.165) is 6.42 Å². The van der Waals surface area contributed by atoms with E-state index in [9.17, 15) is 14.0 Å². The van der Waals surface area contributed by atoms with E-state index in [1.54, 1.807) is 49.3 Å². The Bertz CT molecular complexity index is 1190. The first-order valence-corrected chi connectivity index (χ1v) is 10.5. The van der Waals surface area contributed by atoms with E-state index in [4.69, 9.17) is 9.47 Å². The van der Waals surface area contributed by atoms with Gasteiger partial charge in [0.1, 0.15) is 5.82 Å². The number of carbonyl (C=O) groups excluding carboxylic acids is 2. The number of nitrogens with zero attached hydrogens (tertiary/aromatic N) is 2. The average Bonchev–Trinajstić information content (AvgIpc) is 2.81. The van der Waals surface area contributed by atoms with E-state index in [1.165, 1.54) is 19.2 Å². The lowest BCUT2D eigenvalue weighted by molar-refractivity contribution is 0.0638. The minimum absolute atomic E-state index is 0.0266. The number of fused-ring (bicyclic) bond motifs is 1. The van der Waals surface area contributed by atoms with Crippen molar-refractivity contribution >= 4 is 22.6 Å². The number of methoxy groups -OCH3 is 2. The number of rotatable bonds is 5. The fourth-order valence-electron chi connectivity index (χ4n) is 4.28. The number of ether oxygens (including phenoxy) is 2. The summed E-state index contributed by atoms with van der Waals surface area (Å²) in [6.45, 7) is 2.68. The first-order chi connectivity index (χ1) is 15.4. The van der Waals surface area contributed by atoms with Gasteiger partial charge >= 0.3 is 0 Å². The molecule has 1 fully saturated rings. The number of pyridine rings is 1. The Morgan fingerprint density at radius 2 is 1.84 bits per heavy atom. The van der Waals surface area contributed by atoms with Crippen molar-refractivity contribution < 1.29 is 23.5 Å². The highest BCUT2D eigenvalue weighted by Gasteiger charge is 2.30. The molecule has 1 aromatic heterocycles. The molecule has 0 unspecified atom stereocenters. The Hall–Kier alpha value is -3.48. The third-order valence-corrected chi connectivity index (χ3v) is 5.88. The molecular weight excluding hydrogens is 411 g/mol. The maximum Gasteiger partial charge on any atom is 0.254 e. The Kier molecular flexibility index (Phi) is 6.08. The van der Waals surface area contributed by atoms with Crippen LogP contribution in [0.2, 0.25) is 0 Å². The molecular formula is C25H25FN2O4. The third kappa shape index (κ3) is 4.15. The molecule has 0 radical (unpaired) electrons. The average molecular weight is 436 g/mol. The molecule has 166 valence electrons. The number of ketones is 1. The minimum Gasteiger partial charge on any atom is -0.493 e. The van der Waals surface area contributed by atoms with Crippen molar-refractivity contribution in [3.8, 4) is 11.5 Å². The second-order valence-electron chi connectivity index (χ2n) is 8.00. The summed E-state index contributed by atoms with van der Waals surface area (Å²) in [5.74, 6) is 0.150. The number of aryl methyl sites for hydroxylation is 1. The summed E-state index contributed by atoms with van der Waals surface area (Å²) in [6, 6.07) is 11.1. The zero-order valence-electron chi connectivity index (χ0n) is 18.4. The summed E-state index contributed by atoms with van der Waals surface area (Å²) in [5, 5.41) is 0.607. The molecule has 3 aromatic rings. The minimum atomic E-state index is -0.396. The number of hydrogen-bond acceptors (Lipinski definition) is 5. The van der Waals surface area contributed by atoms with Crippen LogP contribution in [0.4, 0.5) is 4.39 Å². The van der Waals surface area contributed by atoms with Crippen molar-refractivity contribution in [1.82, 2.24) is 9.88 Å². The number of amides is 1. The van der Waals surface area contributed by atoms with E-state index in [1.807, 2.05) is 0 Å². The molecule has 0 aliphatic carbocycles. The SMILES string of the molecule is COc1ccc(C(=O)[C@@H]2CCCN(C(=O)c3cc(C)nc4cc(F)ccc34)C2)cc1OC. The molecule has 6 nitrogen and oxygen atoms in total. The van der Waals surface area contributed by atoms with Crippen LogP contribution < -0.4 is 9.47 Å². The van der Waals surface area contributed by atoms with Gasteiger partial charge in [-0.15, -0.1) is 0 Å². The number of hydrogen-bond donors (Lipinski definition) is 0. The van der Waals surface area contributed by atoms with E-state index < -0.39 is 5.82 Å². The van der Waals surface area contributed by atoms with Crippen LogP contribution in [-0.4, -0.2) is 48.9 Å². The summed E-state index contributed by atoms with van der Waals surface area (Å²) in [6.07, 6.45) is 1.43. The molecule has 1 aliphatic rings. The molecule has 2 heterocycles. The lowest BCUT2D eigenvalue weighted by Crippen LogP contribution is -2.42. The Labute approximate surface area is 186 Å². The largest absolute Gasteiger partial charge is 0.493 e. The quantitative estimate of drug-likeness (QED) is 0.554. The number of halogens is 1.